The van der Waals surface area contributed by atoms with E-state index in [1.165, 1.54) is 0 Å². The minimum Gasteiger partial charge on any atom is -0.455 e. The zero-order valence-corrected chi connectivity index (χ0v) is 15.0. The number of rotatable bonds is 6. The molecule has 1 aromatic rings. The summed E-state index contributed by atoms with van der Waals surface area (Å²) in [5, 5.41) is 10.7. The van der Waals surface area contributed by atoms with Crippen LogP contribution >= 0.6 is 11.6 Å². The minimum absolute atomic E-state index is 0.0116. The smallest absolute Gasteiger partial charge is 0.309 e. The van der Waals surface area contributed by atoms with Gasteiger partial charge in [0.1, 0.15) is 4.90 Å². The second-order valence-electron chi connectivity index (χ2n) is 5.62. The summed E-state index contributed by atoms with van der Waals surface area (Å²) in [6, 6.07) is 3.17. The number of hydrogen-bond donors (Lipinski definition) is 1. The molecule has 0 aliphatic carbocycles. The van der Waals surface area contributed by atoms with Crippen LogP contribution in [0.25, 0.3) is 0 Å². The van der Waals surface area contributed by atoms with Gasteiger partial charge >= 0.3 is 5.97 Å². The first-order chi connectivity index (χ1) is 12.1. The molecule has 1 aliphatic rings. The molecule has 0 bridgehead atoms. The molecule has 0 aromatic heterocycles. The van der Waals surface area contributed by atoms with E-state index in [1.54, 1.807) is 0 Å². The Morgan fingerprint density at radius 2 is 1.96 bits per heavy atom. The number of carbonyl (C=O) groups is 2. The lowest BCUT2D eigenvalue weighted by Crippen LogP contribution is -2.41. The average molecular weight is 406 g/mol. The van der Waals surface area contributed by atoms with Gasteiger partial charge < -0.3 is 10.5 Å². The zero-order valence-electron chi connectivity index (χ0n) is 13.5. The van der Waals surface area contributed by atoms with Gasteiger partial charge in [0.2, 0.25) is 10.0 Å². The number of nitro benzene ring substituents is 1. The molecule has 1 aliphatic heterocycles. The molecule has 12 heteroatoms. The lowest BCUT2D eigenvalue weighted by atomic mass is 9.98. The summed E-state index contributed by atoms with van der Waals surface area (Å²) in [5.41, 5.74) is 4.51. The van der Waals surface area contributed by atoms with Crippen molar-refractivity contribution in [3.8, 4) is 0 Å². The number of non-ortho nitro benzene ring substituents is 1. The van der Waals surface area contributed by atoms with Crippen LogP contribution in [0.15, 0.2) is 23.1 Å². The molecule has 26 heavy (non-hydrogen) atoms. The Bertz CT molecular complexity index is 835. The van der Waals surface area contributed by atoms with E-state index in [9.17, 15) is 28.1 Å². The number of nitrogens with zero attached hydrogens (tertiary/aromatic N) is 2. The second-order valence-corrected chi connectivity index (χ2v) is 7.94. The number of esters is 1. The maximum absolute atomic E-state index is 12.7. The Morgan fingerprint density at radius 1 is 1.35 bits per heavy atom. The highest BCUT2D eigenvalue weighted by Crippen LogP contribution is 2.31. The molecule has 1 fully saturated rings. The fourth-order valence-electron chi connectivity index (χ4n) is 2.53. The van der Waals surface area contributed by atoms with Crippen molar-refractivity contribution >= 4 is 39.2 Å². The van der Waals surface area contributed by atoms with Gasteiger partial charge in [0.25, 0.3) is 11.6 Å². The topological polar surface area (TPSA) is 150 Å². The number of amides is 1. The first-order valence-electron chi connectivity index (χ1n) is 7.52. The number of ether oxygens (including phenoxy) is 1. The van der Waals surface area contributed by atoms with Crippen LogP contribution in [0.3, 0.4) is 0 Å². The van der Waals surface area contributed by atoms with E-state index in [2.05, 4.69) is 0 Å². The van der Waals surface area contributed by atoms with E-state index in [-0.39, 0.29) is 35.8 Å². The van der Waals surface area contributed by atoms with E-state index in [4.69, 9.17) is 22.1 Å². The number of carbonyl (C=O) groups excluding carboxylic acids is 2. The molecule has 0 saturated carbocycles. The maximum Gasteiger partial charge on any atom is 0.309 e. The van der Waals surface area contributed by atoms with Crippen LogP contribution in [0.2, 0.25) is 5.02 Å². The van der Waals surface area contributed by atoms with Crippen molar-refractivity contribution in [2.45, 2.75) is 17.7 Å². The third-order valence-corrected chi connectivity index (χ3v) is 6.27. The second kappa shape index (κ2) is 7.98. The van der Waals surface area contributed by atoms with Gasteiger partial charge in [0.05, 0.1) is 15.9 Å². The molecule has 0 radical (unpaired) electrons. The fraction of sp³-hybridized carbons (Fsp3) is 0.429. The number of nitro groups is 1. The molecule has 1 heterocycles. The zero-order chi connectivity index (χ0) is 19.5. The van der Waals surface area contributed by atoms with Crippen molar-refractivity contribution in [2.75, 3.05) is 19.7 Å². The number of piperidine rings is 1. The monoisotopic (exact) mass is 405 g/mol. The number of hydrogen-bond acceptors (Lipinski definition) is 7. The van der Waals surface area contributed by atoms with Crippen molar-refractivity contribution in [3.63, 3.8) is 0 Å². The van der Waals surface area contributed by atoms with Gasteiger partial charge in [-0.25, -0.2) is 8.42 Å². The molecule has 1 amide bonds. The largest absolute Gasteiger partial charge is 0.455 e. The summed E-state index contributed by atoms with van der Waals surface area (Å²) in [6.45, 7) is -0.504. The van der Waals surface area contributed by atoms with Crippen LogP contribution in [-0.2, 0) is 24.3 Å². The number of sulfonamides is 1. The summed E-state index contributed by atoms with van der Waals surface area (Å²) in [6.07, 6.45) is 0.368. The van der Waals surface area contributed by atoms with Crippen molar-refractivity contribution in [3.05, 3.63) is 33.3 Å². The maximum atomic E-state index is 12.7. The third-order valence-electron chi connectivity index (χ3n) is 3.89. The summed E-state index contributed by atoms with van der Waals surface area (Å²) >= 11 is 5.91. The van der Waals surface area contributed by atoms with E-state index in [1.807, 2.05) is 0 Å². The van der Waals surface area contributed by atoms with E-state index >= 15 is 0 Å². The predicted octanol–water partition coefficient (Wildman–Crippen LogP) is 0.677. The molecular weight excluding hydrogens is 390 g/mol. The Labute approximate surface area is 154 Å². The minimum atomic E-state index is -4.05. The number of benzene rings is 1. The lowest BCUT2D eigenvalue weighted by molar-refractivity contribution is -0.385. The van der Waals surface area contributed by atoms with Gasteiger partial charge in [-0.1, -0.05) is 11.6 Å². The fourth-order valence-corrected chi connectivity index (χ4v) is 4.50. The molecule has 0 atom stereocenters. The number of nitrogens with two attached hydrogens (primary N) is 1. The molecule has 2 rings (SSSR count). The van der Waals surface area contributed by atoms with E-state index < -0.39 is 45.0 Å². The van der Waals surface area contributed by atoms with Crippen molar-refractivity contribution in [1.29, 1.82) is 0 Å². The van der Waals surface area contributed by atoms with Crippen molar-refractivity contribution < 1.29 is 27.7 Å². The molecule has 0 unspecified atom stereocenters. The summed E-state index contributed by atoms with van der Waals surface area (Å²) in [5.74, 6) is -1.95. The van der Waals surface area contributed by atoms with Gasteiger partial charge in [-0.05, 0) is 18.9 Å². The summed E-state index contributed by atoms with van der Waals surface area (Å²) in [7, 11) is -4.05. The molecule has 1 saturated heterocycles. The van der Waals surface area contributed by atoms with E-state index in [0.29, 0.717) is 0 Å². The highest BCUT2D eigenvalue weighted by Gasteiger charge is 2.34. The number of halogens is 1. The quantitative estimate of drug-likeness (QED) is 0.415. The van der Waals surface area contributed by atoms with Crippen LogP contribution in [0.5, 0.6) is 0 Å². The Hall–Kier alpha value is -2.24. The molecule has 10 nitrogen and oxygen atoms in total. The highest BCUT2D eigenvalue weighted by molar-refractivity contribution is 7.89. The van der Waals surface area contributed by atoms with Crippen LogP contribution < -0.4 is 5.73 Å². The molecule has 2 N–H and O–H groups in total. The standard InChI is InChI=1S/C14H16ClN3O7S/c15-11-2-1-10(18(21)22)7-12(11)26(23,24)17-5-3-9(4-6-17)14(20)25-8-13(16)19/h1-2,7,9H,3-6,8H2,(H2,16,19). The SMILES string of the molecule is NC(=O)COC(=O)C1CCN(S(=O)(=O)c2cc([N+](=O)[O-])ccc2Cl)CC1. The predicted molar refractivity (Wildman–Crippen MR) is 89.7 cm³/mol. The number of primary amides is 1. The summed E-state index contributed by atoms with van der Waals surface area (Å²) in [4.78, 5) is 32.2. The molecule has 142 valence electrons. The molecular formula is C14H16ClN3O7S. The lowest BCUT2D eigenvalue weighted by Gasteiger charge is -2.30. The van der Waals surface area contributed by atoms with Crippen molar-refractivity contribution in [2.24, 2.45) is 11.7 Å². The van der Waals surface area contributed by atoms with Crippen molar-refractivity contribution in [1.82, 2.24) is 4.31 Å². The van der Waals surface area contributed by atoms with Crippen LogP contribution in [-0.4, -0.2) is 49.2 Å². The molecule has 1 aromatic carbocycles. The van der Waals surface area contributed by atoms with Crippen LogP contribution in [0.1, 0.15) is 12.8 Å². The van der Waals surface area contributed by atoms with Gasteiger partial charge in [-0.2, -0.15) is 4.31 Å². The van der Waals surface area contributed by atoms with E-state index in [0.717, 1.165) is 22.5 Å². The van der Waals surface area contributed by atoms with Gasteiger partial charge in [0.15, 0.2) is 6.61 Å². The molecule has 0 spiro atoms. The van der Waals surface area contributed by atoms with Crippen LogP contribution in [0.4, 0.5) is 5.69 Å². The Morgan fingerprint density at radius 3 is 2.50 bits per heavy atom. The first-order valence-corrected chi connectivity index (χ1v) is 9.33. The Balaban J connectivity index is 2.11. The van der Waals surface area contributed by atoms with Crippen LogP contribution in [0, 0.1) is 16.0 Å². The van der Waals surface area contributed by atoms with Gasteiger partial charge in [0, 0.05) is 25.2 Å². The normalized spacial score (nSPS) is 16.2. The first kappa shape index (κ1) is 20.1. The highest BCUT2D eigenvalue weighted by atomic mass is 35.5. The summed E-state index contributed by atoms with van der Waals surface area (Å²) < 4.78 is 31.3. The average Bonchev–Trinajstić information content (AvgIpc) is 2.59. The van der Waals surface area contributed by atoms with Gasteiger partial charge in [-0.3, -0.25) is 19.7 Å². The van der Waals surface area contributed by atoms with Gasteiger partial charge in [-0.15, -0.1) is 0 Å². The Kier molecular flexibility index (Phi) is 6.16. The third kappa shape index (κ3) is 4.48.